The molecule has 3 aromatic rings. The fourth-order valence-electron chi connectivity index (χ4n) is 5.12. The molecule has 0 saturated heterocycles. The number of benzene rings is 2. The topological polar surface area (TPSA) is 77.9 Å². The van der Waals surface area contributed by atoms with Crippen molar-refractivity contribution in [1.82, 2.24) is 4.98 Å². The van der Waals surface area contributed by atoms with Gasteiger partial charge in [-0.05, 0) is 87.0 Å². The van der Waals surface area contributed by atoms with Gasteiger partial charge in [0.2, 0.25) is 5.90 Å². The van der Waals surface area contributed by atoms with E-state index in [4.69, 9.17) is 9.16 Å². The normalized spacial score (nSPS) is 20.6. The molecule has 0 bridgehead atoms. The van der Waals surface area contributed by atoms with Crippen molar-refractivity contribution in [1.29, 1.82) is 0 Å². The maximum atomic E-state index is 15.0. The molecule has 0 fully saturated rings. The summed E-state index contributed by atoms with van der Waals surface area (Å²) in [6.07, 6.45) is 2.63. The third-order valence-electron chi connectivity index (χ3n) is 9.40. The van der Waals surface area contributed by atoms with Crippen molar-refractivity contribution in [3.05, 3.63) is 89.9 Å². The summed E-state index contributed by atoms with van der Waals surface area (Å²) >= 11 is 0. The van der Waals surface area contributed by atoms with Gasteiger partial charge in [-0.15, -0.1) is 4.40 Å². The maximum Gasteiger partial charge on any atom is 0.265 e. The summed E-state index contributed by atoms with van der Waals surface area (Å²) in [6, 6.07) is 20.1. The van der Waals surface area contributed by atoms with Gasteiger partial charge in [0.15, 0.2) is 8.32 Å². The van der Waals surface area contributed by atoms with Gasteiger partial charge in [0.05, 0.1) is 5.69 Å². The van der Waals surface area contributed by atoms with Gasteiger partial charge in [-0.3, -0.25) is 4.98 Å². The van der Waals surface area contributed by atoms with E-state index in [-0.39, 0.29) is 35.5 Å². The molecule has 0 N–H and O–H groups in total. The van der Waals surface area contributed by atoms with Crippen LogP contribution in [0.15, 0.2) is 77.3 Å². The highest BCUT2D eigenvalue weighted by atomic mass is 32.2. The zero-order valence-electron chi connectivity index (χ0n) is 26.6. The largest absolute Gasteiger partial charge is 0.472 e. The molecule has 1 unspecified atom stereocenters. The van der Waals surface area contributed by atoms with Crippen LogP contribution in [0, 0.1) is 5.82 Å². The standard InChI is InChI=1S/C34H45FN2O4SSi/c1-32(2,3)43(7,8)40-22-20-27(28-13-9-10-14-29(28)35)23-31-37-42(38,39)34(6,33(4,5)41-31)24-25-16-18-26(19-17-25)30-15-11-12-21-36-30/h9-19,21,27H,20,22-24H2,1-8H3/t27-,34?/m1/s1. The maximum absolute atomic E-state index is 15.0. The molecule has 0 aliphatic carbocycles. The third-order valence-corrected chi connectivity index (χ3v) is 16.2. The lowest BCUT2D eigenvalue weighted by molar-refractivity contribution is 0.0436. The van der Waals surface area contributed by atoms with Crippen LogP contribution in [0.5, 0.6) is 0 Å². The molecule has 0 spiro atoms. The zero-order chi connectivity index (χ0) is 31.7. The highest BCUT2D eigenvalue weighted by Gasteiger charge is 2.56. The van der Waals surface area contributed by atoms with Gasteiger partial charge in [0, 0.05) is 24.8 Å². The molecule has 2 atom stereocenters. The number of ether oxygens (including phenoxy) is 1. The van der Waals surface area contributed by atoms with E-state index in [1.807, 2.05) is 42.5 Å². The Morgan fingerprint density at radius 2 is 1.63 bits per heavy atom. The molecule has 6 nitrogen and oxygen atoms in total. The molecule has 43 heavy (non-hydrogen) atoms. The van der Waals surface area contributed by atoms with E-state index in [0.717, 1.165) is 16.8 Å². The van der Waals surface area contributed by atoms with E-state index >= 15 is 4.39 Å². The predicted molar refractivity (Wildman–Crippen MR) is 175 cm³/mol. The van der Waals surface area contributed by atoms with Crippen molar-refractivity contribution >= 4 is 24.2 Å². The Kier molecular flexibility index (Phi) is 9.41. The molecule has 9 heteroatoms. The number of sulfonamides is 1. The minimum atomic E-state index is -4.01. The predicted octanol–water partition coefficient (Wildman–Crippen LogP) is 8.31. The Labute approximate surface area is 258 Å². The Hall–Kier alpha value is -2.88. The van der Waals surface area contributed by atoms with Gasteiger partial charge in [-0.25, -0.2) is 12.8 Å². The van der Waals surface area contributed by atoms with Crippen molar-refractivity contribution in [2.75, 3.05) is 6.61 Å². The first-order valence-corrected chi connectivity index (χ1v) is 19.2. The SMILES string of the molecule is CC1(C)OC(C[C@@H](CCO[Si](C)(C)C(C)(C)C)c2ccccc2F)=NS(=O)(=O)C1(C)Cc1ccc(-c2ccccn2)cc1. The summed E-state index contributed by atoms with van der Waals surface area (Å²) in [5.74, 6) is -0.592. The van der Waals surface area contributed by atoms with Crippen molar-refractivity contribution in [2.24, 2.45) is 4.40 Å². The van der Waals surface area contributed by atoms with Crippen molar-refractivity contribution < 1.29 is 22.0 Å². The van der Waals surface area contributed by atoms with Crippen LogP contribution < -0.4 is 0 Å². The molecule has 0 amide bonds. The molecular weight excluding hydrogens is 580 g/mol. The molecule has 232 valence electrons. The second-order valence-corrected chi connectivity index (χ2v) is 20.6. The summed E-state index contributed by atoms with van der Waals surface area (Å²) in [5, 5.41) is 0.0401. The van der Waals surface area contributed by atoms with E-state index in [0.29, 0.717) is 18.6 Å². The van der Waals surface area contributed by atoms with Gasteiger partial charge in [-0.1, -0.05) is 69.3 Å². The smallest absolute Gasteiger partial charge is 0.265 e. The first-order chi connectivity index (χ1) is 20.0. The summed E-state index contributed by atoms with van der Waals surface area (Å²) in [4.78, 5) is 4.39. The molecule has 1 aromatic heterocycles. The molecule has 2 heterocycles. The Morgan fingerprint density at radius 3 is 2.21 bits per heavy atom. The molecule has 1 aliphatic rings. The number of halogens is 1. The number of hydrogen-bond acceptors (Lipinski definition) is 5. The lowest BCUT2D eigenvalue weighted by Gasteiger charge is -2.45. The van der Waals surface area contributed by atoms with Crippen LogP contribution >= 0.6 is 0 Å². The van der Waals surface area contributed by atoms with E-state index in [2.05, 4.69) is 43.2 Å². The summed E-state index contributed by atoms with van der Waals surface area (Å²) in [7, 11) is -6.03. The molecule has 4 rings (SSSR count). The minimum absolute atomic E-state index is 0.0401. The first kappa shape index (κ1) is 33.0. The average Bonchev–Trinajstić information content (AvgIpc) is 2.92. The molecular formula is C34H45FN2O4SSi. The number of rotatable bonds is 10. The fourth-order valence-corrected chi connectivity index (χ4v) is 7.78. The summed E-state index contributed by atoms with van der Waals surface area (Å²) in [6.45, 7) is 16.6. The van der Waals surface area contributed by atoms with Crippen molar-refractivity contribution in [3.8, 4) is 11.3 Å². The van der Waals surface area contributed by atoms with Gasteiger partial charge in [0.1, 0.15) is 16.2 Å². The quantitative estimate of drug-likeness (QED) is 0.212. The minimum Gasteiger partial charge on any atom is -0.472 e. The second kappa shape index (κ2) is 12.2. The van der Waals surface area contributed by atoms with Crippen LogP contribution in [0.2, 0.25) is 18.1 Å². The van der Waals surface area contributed by atoms with Crippen LogP contribution in [-0.2, 0) is 25.6 Å². The zero-order valence-corrected chi connectivity index (χ0v) is 28.5. The molecule has 1 aliphatic heterocycles. The number of pyridine rings is 1. The Bertz CT molecular complexity index is 1550. The van der Waals surface area contributed by atoms with Crippen molar-refractivity contribution in [3.63, 3.8) is 0 Å². The number of nitrogens with zero attached hydrogens (tertiary/aromatic N) is 2. The monoisotopic (exact) mass is 624 g/mol. The Morgan fingerprint density at radius 1 is 0.977 bits per heavy atom. The van der Waals surface area contributed by atoms with E-state index in [1.54, 1.807) is 45.2 Å². The molecule has 2 aromatic carbocycles. The first-order valence-electron chi connectivity index (χ1n) is 14.9. The van der Waals surface area contributed by atoms with Crippen molar-refractivity contribution in [2.45, 2.75) is 95.2 Å². The van der Waals surface area contributed by atoms with Gasteiger partial charge in [-0.2, -0.15) is 0 Å². The summed E-state index contributed by atoms with van der Waals surface area (Å²) < 4.78 is 58.5. The van der Waals surface area contributed by atoms with E-state index in [9.17, 15) is 8.42 Å². The highest BCUT2D eigenvalue weighted by molar-refractivity contribution is 7.91. The van der Waals surface area contributed by atoms with Crippen LogP contribution in [0.3, 0.4) is 0 Å². The summed E-state index contributed by atoms with van der Waals surface area (Å²) in [5.41, 5.74) is 2.06. The van der Waals surface area contributed by atoms with Gasteiger partial charge >= 0.3 is 0 Å². The fraction of sp³-hybridized carbons (Fsp3) is 0.471. The van der Waals surface area contributed by atoms with E-state index < -0.39 is 28.7 Å². The van der Waals surface area contributed by atoms with Crippen LogP contribution in [0.4, 0.5) is 4.39 Å². The van der Waals surface area contributed by atoms with E-state index in [1.165, 1.54) is 6.07 Å². The second-order valence-electron chi connectivity index (χ2n) is 13.7. The van der Waals surface area contributed by atoms with Gasteiger partial charge in [0.25, 0.3) is 10.0 Å². The van der Waals surface area contributed by atoms with Crippen LogP contribution in [0.1, 0.15) is 71.4 Å². The van der Waals surface area contributed by atoms with Crippen LogP contribution in [0.25, 0.3) is 11.3 Å². The highest BCUT2D eigenvalue weighted by Crippen LogP contribution is 2.43. The lowest BCUT2D eigenvalue weighted by atomic mass is 9.85. The van der Waals surface area contributed by atoms with Gasteiger partial charge < -0.3 is 9.16 Å². The number of hydrogen-bond donors (Lipinski definition) is 0. The average molecular weight is 625 g/mol. The molecule has 0 saturated carbocycles. The number of aromatic nitrogens is 1. The Balaban J connectivity index is 1.58. The van der Waals surface area contributed by atoms with Crippen LogP contribution in [-0.4, -0.2) is 44.6 Å². The third kappa shape index (κ3) is 7.10. The molecule has 0 radical (unpaired) electrons. The lowest BCUT2D eigenvalue weighted by Crippen LogP contribution is -2.59.